The molecule has 0 radical (unpaired) electrons. The maximum absolute atomic E-state index is 11.7. The van der Waals surface area contributed by atoms with Crippen LogP contribution in [0.1, 0.15) is 32.3 Å². The fourth-order valence-corrected chi connectivity index (χ4v) is 2.21. The normalized spacial score (nSPS) is 12.1. The lowest BCUT2D eigenvalue weighted by Gasteiger charge is -2.11. The molecule has 22 heavy (non-hydrogen) atoms. The number of nitrogens with one attached hydrogen (secondary N) is 2. The van der Waals surface area contributed by atoms with Crippen molar-refractivity contribution in [3.63, 3.8) is 0 Å². The second kappa shape index (κ2) is 7.64. The zero-order valence-corrected chi connectivity index (χ0v) is 13.0. The van der Waals surface area contributed by atoms with Gasteiger partial charge in [0, 0.05) is 29.6 Å². The summed E-state index contributed by atoms with van der Waals surface area (Å²) < 4.78 is 5.00. The average molecular weight is 302 g/mol. The molecule has 0 aliphatic rings. The molecule has 0 aliphatic carbocycles. The van der Waals surface area contributed by atoms with Crippen molar-refractivity contribution in [3.05, 3.63) is 36.0 Å². The lowest BCUT2D eigenvalue weighted by atomic mass is 10.1. The fraction of sp³-hybridized carbons (Fsp3) is 0.412. The van der Waals surface area contributed by atoms with Gasteiger partial charge in [0.15, 0.2) is 6.61 Å². The van der Waals surface area contributed by atoms with Gasteiger partial charge in [-0.25, -0.2) is 0 Å². The van der Waals surface area contributed by atoms with Crippen molar-refractivity contribution in [3.8, 4) is 0 Å². The maximum atomic E-state index is 11.7. The summed E-state index contributed by atoms with van der Waals surface area (Å²) in [6, 6.07) is 8.05. The predicted molar refractivity (Wildman–Crippen MR) is 85.5 cm³/mol. The summed E-state index contributed by atoms with van der Waals surface area (Å²) in [5, 5.41) is 3.87. The number of para-hydroxylation sites is 1. The molecule has 0 fully saturated rings. The minimum Gasteiger partial charge on any atom is -0.456 e. The van der Waals surface area contributed by atoms with E-state index in [1.54, 1.807) is 0 Å². The van der Waals surface area contributed by atoms with Gasteiger partial charge in [0.25, 0.3) is 5.91 Å². The topological polar surface area (TPSA) is 71.2 Å². The van der Waals surface area contributed by atoms with Crippen molar-refractivity contribution < 1.29 is 14.3 Å². The highest BCUT2D eigenvalue weighted by atomic mass is 16.5. The van der Waals surface area contributed by atoms with Gasteiger partial charge in [0.1, 0.15) is 0 Å². The van der Waals surface area contributed by atoms with Crippen molar-refractivity contribution in [1.82, 2.24) is 10.3 Å². The molecule has 0 spiro atoms. The fourth-order valence-electron chi connectivity index (χ4n) is 2.21. The molecule has 5 nitrogen and oxygen atoms in total. The monoisotopic (exact) mass is 302 g/mol. The third-order valence-corrected chi connectivity index (χ3v) is 3.66. The number of ether oxygens (including phenoxy) is 1. The molecule has 2 N–H and O–H groups in total. The summed E-state index contributed by atoms with van der Waals surface area (Å²) in [4.78, 5) is 26.4. The van der Waals surface area contributed by atoms with Gasteiger partial charge in [-0.05, 0) is 31.4 Å². The van der Waals surface area contributed by atoms with E-state index in [4.69, 9.17) is 4.74 Å². The molecule has 0 bridgehead atoms. The number of aromatic amines is 1. The summed E-state index contributed by atoms with van der Waals surface area (Å²) in [7, 11) is 0. The van der Waals surface area contributed by atoms with Crippen molar-refractivity contribution >= 4 is 22.8 Å². The number of carbonyl (C=O) groups excluding carboxylic acids is 2. The van der Waals surface area contributed by atoms with Crippen LogP contribution in [0.5, 0.6) is 0 Å². The van der Waals surface area contributed by atoms with Gasteiger partial charge >= 0.3 is 5.97 Å². The van der Waals surface area contributed by atoms with E-state index in [0.717, 1.165) is 22.9 Å². The number of aryl methyl sites for hydroxylation is 1. The van der Waals surface area contributed by atoms with Crippen LogP contribution in [0.2, 0.25) is 0 Å². The molecule has 2 rings (SSSR count). The summed E-state index contributed by atoms with van der Waals surface area (Å²) in [5.41, 5.74) is 2.13. The van der Waals surface area contributed by atoms with Gasteiger partial charge in [0.05, 0.1) is 0 Å². The Morgan fingerprint density at radius 3 is 2.86 bits per heavy atom. The Labute approximate surface area is 130 Å². The SMILES string of the molecule is CC[C@H](C)NC(=O)COC(=O)CCc1c[nH]c2ccccc12. The first kappa shape index (κ1) is 16.1. The van der Waals surface area contributed by atoms with E-state index < -0.39 is 0 Å². The Morgan fingerprint density at radius 1 is 1.32 bits per heavy atom. The van der Waals surface area contributed by atoms with Gasteiger partial charge in [-0.2, -0.15) is 0 Å². The minimum atomic E-state index is -0.357. The molecule has 1 amide bonds. The molecule has 1 heterocycles. The van der Waals surface area contributed by atoms with Crippen LogP contribution in [0, 0.1) is 0 Å². The number of esters is 1. The summed E-state index contributed by atoms with van der Waals surface area (Å²) >= 11 is 0. The van der Waals surface area contributed by atoms with Gasteiger partial charge in [-0.3, -0.25) is 9.59 Å². The van der Waals surface area contributed by atoms with Crippen molar-refractivity contribution in [2.24, 2.45) is 0 Å². The molecule has 0 unspecified atom stereocenters. The van der Waals surface area contributed by atoms with Crippen LogP contribution in [0.25, 0.3) is 10.9 Å². The van der Waals surface area contributed by atoms with Crippen molar-refractivity contribution in [2.45, 2.75) is 39.2 Å². The predicted octanol–water partition coefficient (Wildman–Crippen LogP) is 2.56. The second-order valence-corrected chi connectivity index (χ2v) is 5.40. The van der Waals surface area contributed by atoms with Crippen LogP contribution in [0.15, 0.2) is 30.5 Å². The molecule has 1 atom stereocenters. The number of rotatable bonds is 7. The molecular formula is C17H22N2O3. The number of amides is 1. The van der Waals surface area contributed by atoms with Crippen LogP contribution >= 0.6 is 0 Å². The standard InChI is InChI=1S/C17H22N2O3/c1-3-12(2)19-16(20)11-22-17(21)9-8-13-10-18-15-7-5-4-6-14(13)15/h4-7,10,12,18H,3,8-9,11H2,1-2H3,(H,19,20)/t12-/m0/s1. The molecule has 1 aromatic carbocycles. The highest BCUT2D eigenvalue weighted by molar-refractivity contribution is 5.84. The van der Waals surface area contributed by atoms with Crippen molar-refractivity contribution in [2.75, 3.05) is 6.61 Å². The van der Waals surface area contributed by atoms with E-state index in [0.29, 0.717) is 6.42 Å². The van der Waals surface area contributed by atoms with Crippen LogP contribution < -0.4 is 5.32 Å². The highest BCUT2D eigenvalue weighted by Gasteiger charge is 2.11. The molecular weight excluding hydrogens is 280 g/mol. The van der Waals surface area contributed by atoms with E-state index in [2.05, 4.69) is 10.3 Å². The number of fused-ring (bicyclic) bond motifs is 1. The van der Waals surface area contributed by atoms with Gasteiger partial charge in [-0.15, -0.1) is 0 Å². The zero-order chi connectivity index (χ0) is 15.9. The Morgan fingerprint density at radius 2 is 2.09 bits per heavy atom. The smallest absolute Gasteiger partial charge is 0.306 e. The first-order valence-electron chi connectivity index (χ1n) is 7.60. The molecule has 0 saturated carbocycles. The molecule has 2 aromatic rings. The Kier molecular flexibility index (Phi) is 5.58. The third kappa shape index (κ3) is 4.35. The second-order valence-electron chi connectivity index (χ2n) is 5.40. The molecule has 5 heteroatoms. The summed E-state index contributed by atoms with van der Waals surface area (Å²) in [6.07, 6.45) is 3.61. The van der Waals surface area contributed by atoms with Gasteiger partial charge in [0.2, 0.25) is 0 Å². The minimum absolute atomic E-state index is 0.0948. The largest absolute Gasteiger partial charge is 0.456 e. The number of hydrogen-bond acceptors (Lipinski definition) is 3. The maximum Gasteiger partial charge on any atom is 0.306 e. The zero-order valence-electron chi connectivity index (χ0n) is 13.0. The van der Waals surface area contributed by atoms with Crippen LogP contribution in [0.3, 0.4) is 0 Å². The van der Waals surface area contributed by atoms with E-state index in [1.807, 2.05) is 44.3 Å². The van der Waals surface area contributed by atoms with Gasteiger partial charge < -0.3 is 15.0 Å². The van der Waals surface area contributed by atoms with Crippen molar-refractivity contribution in [1.29, 1.82) is 0 Å². The van der Waals surface area contributed by atoms with E-state index in [-0.39, 0.29) is 30.9 Å². The lowest BCUT2D eigenvalue weighted by molar-refractivity contribution is -0.148. The third-order valence-electron chi connectivity index (χ3n) is 3.66. The first-order valence-corrected chi connectivity index (χ1v) is 7.60. The highest BCUT2D eigenvalue weighted by Crippen LogP contribution is 2.19. The van der Waals surface area contributed by atoms with Crippen LogP contribution in [0.4, 0.5) is 0 Å². The van der Waals surface area contributed by atoms with E-state index >= 15 is 0 Å². The number of hydrogen-bond donors (Lipinski definition) is 2. The van der Waals surface area contributed by atoms with Crippen LogP contribution in [-0.4, -0.2) is 29.5 Å². The summed E-state index contributed by atoms with van der Waals surface area (Å²) in [5.74, 6) is -0.612. The quantitative estimate of drug-likeness (QED) is 0.772. The molecule has 118 valence electrons. The molecule has 0 saturated heterocycles. The molecule has 0 aliphatic heterocycles. The van der Waals surface area contributed by atoms with Crippen LogP contribution in [-0.2, 0) is 20.7 Å². The Hall–Kier alpha value is -2.30. The number of carbonyl (C=O) groups is 2. The number of aromatic nitrogens is 1. The van der Waals surface area contributed by atoms with Gasteiger partial charge in [-0.1, -0.05) is 25.1 Å². The first-order chi connectivity index (χ1) is 10.6. The summed E-state index contributed by atoms with van der Waals surface area (Å²) in [6.45, 7) is 3.69. The Balaban J connectivity index is 1.77. The number of benzene rings is 1. The lowest BCUT2D eigenvalue weighted by Crippen LogP contribution is -2.35. The Bertz CT molecular complexity index is 648. The number of H-pyrrole nitrogens is 1. The van der Waals surface area contributed by atoms with E-state index in [9.17, 15) is 9.59 Å². The van der Waals surface area contributed by atoms with E-state index in [1.165, 1.54) is 0 Å². The molecule has 1 aromatic heterocycles. The average Bonchev–Trinajstić information content (AvgIpc) is 2.94.